The van der Waals surface area contributed by atoms with E-state index in [0.717, 1.165) is 5.56 Å². The van der Waals surface area contributed by atoms with Crippen LogP contribution in [-0.2, 0) is 0 Å². The highest BCUT2D eigenvalue weighted by Gasteiger charge is 2.14. The van der Waals surface area contributed by atoms with Crippen LogP contribution in [0.1, 0.15) is 29.8 Å². The molecule has 0 unspecified atom stereocenters. The number of carboxylic acid groups (broad SMARTS) is 1. The van der Waals surface area contributed by atoms with Crippen LogP contribution in [0.3, 0.4) is 0 Å². The number of rotatable bonds is 3. The first-order chi connectivity index (χ1) is 8.32. The van der Waals surface area contributed by atoms with Gasteiger partial charge in [0.25, 0.3) is 0 Å². The van der Waals surface area contributed by atoms with E-state index in [0.29, 0.717) is 5.69 Å². The van der Waals surface area contributed by atoms with E-state index in [1.54, 1.807) is 18.0 Å². The van der Waals surface area contributed by atoms with Crippen LogP contribution in [0.15, 0.2) is 18.2 Å². The number of carbonyl (C=O) groups is 2. The summed E-state index contributed by atoms with van der Waals surface area (Å²) < 4.78 is 0. The Bertz CT molecular complexity index is 469. The van der Waals surface area contributed by atoms with Gasteiger partial charge in [0.1, 0.15) is 0 Å². The third kappa shape index (κ3) is 3.23. The van der Waals surface area contributed by atoms with Crippen LogP contribution in [0.5, 0.6) is 0 Å². The number of carboxylic acids is 1. The van der Waals surface area contributed by atoms with Crippen molar-refractivity contribution in [1.29, 1.82) is 0 Å². The van der Waals surface area contributed by atoms with E-state index in [1.165, 1.54) is 12.1 Å². The minimum Gasteiger partial charge on any atom is -0.478 e. The maximum atomic E-state index is 11.9. The first kappa shape index (κ1) is 14.0. The molecule has 98 valence electrons. The molecule has 0 spiro atoms. The van der Waals surface area contributed by atoms with E-state index in [2.05, 4.69) is 5.32 Å². The number of nitrogens with one attached hydrogen (secondary N) is 1. The Balaban J connectivity index is 2.93. The molecule has 0 bridgehead atoms. The Morgan fingerprint density at radius 3 is 2.44 bits per heavy atom. The molecule has 0 saturated heterocycles. The van der Waals surface area contributed by atoms with Crippen molar-refractivity contribution in [2.75, 3.05) is 12.4 Å². The maximum Gasteiger partial charge on any atom is 0.335 e. The lowest BCUT2D eigenvalue weighted by Crippen LogP contribution is -2.36. The summed E-state index contributed by atoms with van der Waals surface area (Å²) in [5, 5.41) is 11.6. The first-order valence-electron chi connectivity index (χ1n) is 5.70. The zero-order chi connectivity index (χ0) is 13.9. The van der Waals surface area contributed by atoms with Crippen LogP contribution in [0.25, 0.3) is 0 Å². The fraction of sp³-hybridized carbons (Fsp3) is 0.385. The normalized spacial score (nSPS) is 10.3. The Morgan fingerprint density at radius 1 is 1.33 bits per heavy atom. The fourth-order valence-corrected chi connectivity index (χ4v) is 1.33. The van der Waals surface area contributed by atoms with Crippen LogP contribution in [0.4, 0.5) is 10.5 Å². The summed E-state index contributed by atoms with van der Waals surface area (Å²) >= 11 is 0. The molecule has 0 aliphatic rings. The van der Waals surface area contributed by atoms with Gasteiger partial charge in [-0.1, -0.05) is 6.07 Å². The molecule has 1 aromatic rings. The minimum absolute atomic E-state index is 0.0768. The van der Waals surface area contributed by atoms with Crippen molar-refractivity contribution in [3.63, 3.8) is 0 Å². The fourth-order valence-electron chi connectivity index (χ4n) is 1.33. The second kappa shape index (κ2) is 5.53. The highest BCUT2D eigenvalue weighted by molar-refractivity contribution is 5.94. The molecule has 0 radical (unpaired) electrons. The second-order valence-corrected chi connectivity index (χ2v) is 4.47. The smallest absolute Gasteiger partial charge is 0.335 e. The van der Waals surface area contributed by atoms with Gasteiger partial charge in [0.15, 0.2) is 0 Å². The molecule has 2 amide bonds. The number of hydrogen-bond donors (Lipinski definition) is 2. The van der Waals surface area contributed by atoms with Gasteiger partial charge in [-0.25, -0.2) is 9.59 Å². The number of urea groups is 1. The number of amides is 2. The Labute approximate surface area is 106 Å². The van der Waals surface area contributed by atoms with Gasteiger partial charge in [-0.3, -0.25) is 0 Å². The Kier molecular flexibility index (Phi) is 4.31. The van der Waals surface area contributed by atoms with Gasteiger partial charge in [0.2, 0.25) is 0 Å². The molecule has 0 heterocycles. The molecule has 0 saturated carbocycles. The molecule has 18 heavy (non-hydrogen) atoms. The van der Waals surface area contributed by atoms with E-state index >= 15 is 0 Å². The van der Waals surface area contributed by atoms with Gasteiger partial charge >= 0.3 is 12.0 Å². The highest BCUT2D eigenvalue weighted by atomic mass is 16.4. The second-order valence-electron chi connectivity index (χ2n) is 4.47. The van der Waals surface area contributed by atoms with Gasteiger partial charge in [-0.05, 0) is 38.5 Å². The summed E-state index contributed by atoms with van der Waals surface area (Å²) in [6, 6.07) is 4.47. The Hall–Kier alpha value is -2.04. The van der Waals surface area contributed by atoms with Gasteiger partial charge in [0, 0.05) is 18.8 Å². The summed E-state index contributed by atoms with van der Waals surface area (Å²) in [5.74, 6) is -1.01. The molecule has 5 nitrogen and oxygen atoms in total. The van der Waals surface area contributed by atoms with Crippen LogP contribution in [0, 0.1) is 6.92 Å². The van der Waals surface area contributed by atoms with Crippen molar-refractivity contribution in [1.82, 2.24) is 4.90 Å². The van der Waals surface area contributed by atoms with E-state index in [1.807, 2.05) is 20.8 Å². The topological polar surface area (TPSA) is 69.6 Å². The third-order valence-electron chi connectivity index (χ3n) is 2.82. The molecule has 1 aromatic carbocycles. The number of benzene rings is 1. The molecule has 0 fully saturated rings. The lowest BCUT2D eigenvalue weighted by atomic mass is 10.1. The molecular weight excluding hydrogens is 232 g/mol. The van der Waals surface area contributed by atoms with E-state index in [4.69, 9.17) is 5.11 Å². The SMILES string of the molecule is Cc1ccc(C(=O)O)cc1NC(=O)N(C)C(C)C. The lowest BCUT2D eigenvalue weighted by molar-refractivity contribution is 0.0697. The van der Waals surface area contributed by atoms with Crippen molar-refractivity contribution in [3.05, 3.63) is 29.3 Å². The van der Waals surface area contributed by atoms with Crippen molar-refractivity contribution in [3.8, 4) is 0 Å². The average Bonchev–Trinajstić information content (AvgIpc) is 2.30. The molecule has 0 aliphatic heterocycles. The van der Waals surface area contributed by atoms with Gasteiger partial charge in [0.05, 0.1) is 5.56 Å². The number of hydrogen-bond acceptors (Lipinski definition) is 2. The largest absolute Gasteiger partial charge is 0.478 e. The minimum atomic E-state index is -1.01. The predicted molar refractivity (Wildman–Crippen MR) is 70.1 cm³/mol. The summed E-state index contributed by atoms with van der Waals surface area (Å²) in [6.07, 6.45) is 0. The zero-order valence-corrected chi connectivity index (χ0v) is 11.0. The number of anilines is 1. The molecular formula is C13H18N2O3. The predicted octanol–water partition coefficient (Wildman–Crippen LogP) is 2.57. The molecule has 0 aromatic heterocycles. The number of carbonyl (C=O) groups excluding carboxylic acids is 1. The summed E-state index contributed by atoms with van der Waals surface area (Å²) in [5.41, 5.74) is 1.50. The Morgan fingerprint density at radius 2 is 1.94 bits per heavy atom. The van der Waals surface area contributed by atoms with Gasteiger partial charge in [-0.2, -0.15) is 0 Å². The van der Waals surface area contributed by atoms with Gasteiger partial charge < -0.3 is 15.3 Å². The standard InChI is InChI=1S/C13H18N2O3/c1-8(2)15(4)13(18)14-11-7-10(12(16)17)6-5-9(11)3/h5-8H,1-4H3,(H,14,18)(H,16,17). The average molecular weight is 250 g/mol. The monoisotopic (exact) mass is 250 g/mol. The molecule has 2 N–H and O–H groups in total. The van der Waals surface area contributed by atoms with E-state index < -0.39 is 5.97 Å². The molecule has 0 atom stereocenters. The van der Waals surface area contributed by atoms with Crippen molar-refractivity contribution in [2.45, 2.75) is 26.8 Å². The van der Waals surface area contributed by atoms with E-state index in [9.17, 15) is 9.59 Å². The highest BCUT2D eigenvalue weighted by Crippen LogP contribution is 2.17. The number of aromatic carboxylic acids is 1. The number of aryl methyl sites for hydroxylation is 1. The molecule has 0 aliphatic carbocycles. The quantitative estimate of drug-likeness (QED) is 0.866. The lowest BCUT2D eigenvalue weighted by Gasteiger charge is -2.22. The van der Waals surface area contributed by atoms with Crippen molar-refractivity contribution < 1.29 is 14.7 Å². The number of nitrogens with zero attached hydrogens (tertiary/aromatic N) is 1. The third-order valence-corrected chi connectivity index (χ3v) is 2.82. The van der Waals surface area contributed by atoms with E-state index in [-0.39, 0.29) is 17.6 Å². The van der Waals surface area contributed by atoms with Crippen LogP contribution < -0.4 is 5.32 Å². The zero-order valence-electron chi connectivity index (χ0n) is 11.0. The van der Waals surface area contributed by atoms with Crippen LogP contribution in [-0.4, -0.2) is 35.1 Å². The van der Waals surface area contributed by atoms with Crippen LogP contribution in [0.2, 0.25) is 0 Å². The van der Waals surface area contributed by atoms with Crippen molar-refractivity contribution >= 4 is 17.7 Å². The maximum absolute atomic E-state index is 11.9. The molecule has 5 heteroatoms. The van der Waals surface area contributed by atoms with Crippen LogP contribution >= 0.6 is 0 Å². The summed E-state index contributed by atoms with van der Waals surface area (Å²) in [6.45, 7) is 5.62. The summed E-state index contributed by atoms with van der Waals surface area (Å²) in [4.78, 5) is 24.3. The molecule has 1 rings (SSSR count). The first-order valence-corrected chi connectivity index (χ1v) is 5.70. The van der Waals surface area contributed by atoms with Crippen molar-refractivity contribution in [2.24, 2.45) is 0 Å². The van der Waals surface area contributed by atoms with Gasteiger partial charge in [-0.15, -0.1) is 0 Å². The summed E-state index contributed by atoms with van der Waals surface area (Å²) in [7, 11) is 1.69.